The Balaban J connectivity index is -0.000000119. The number of hydrogen-bond acceptors (Lipinski definition) is 0. The van der Waals surface area contributed by atoms with E-state index in [0.717, 1.165) is 0 Å². The Morgan fingerprint density at radius 3 is 0.756 bits per heavy atom. The van der Waals surface area contributed by atoms with Crippen LogP contribution in [-0.4, -0.2) is 0 Å². The Hall–Kier alpha value is 1.96. The Bertz CT molecular complexity index is 729. The van der Waals surface area contributed by atoms with Crippen LogP contribution >= 0.6 is 0 Å². The van der Waals surface area contributed by atoms with E-state index in [9.17, 15) is 0 Å². The van der Waals surface area contributed by atoms with Crippen LogP contribution in [0.3, 0.4) is 0 Å². The van der Waals surface area contributed by atoms with E-state index < -0.39 is 0 Å². The quantitative estimate of drug-likeness (QED) is 0.184. The van der Waals surface area contributed by atoms with Crippen LogP contribution in [0, 0.1) is 0 Å². The maximum Gasteiger partial charge on any atom is 0 e. The fraction of sp³-hybridized carbons (Fsp3) is 0.692. The van der Waals surface area contributed by atoms with Crippen molar-refractivity contribution in [2.24, 2.45) is 0 Å². The molecule has 0 aromatic heterocycles. The number of halogens is 3. The van der Waals surface area contributed by atoms with E-state index in [0.29, 0.717) is 0 Å². The summed E-state index contributed by atoms with van der Waals surface area (Å²) in [6.45, 7) is 13.6. The van der Waals surface area contributed by atoms with Gasteiger partial charge < -0.3 is 37.2 Å². The maximum absolute atomic E-state index is 2.35. The molecule has 3 aliphatic rings. The summed E-state index contributed by atoms with van der Waals surface area (Å²) in [6.07, 6.45) is 41.8. The van der Waals surface area contributed by atoms with Gasteiger partial charge in [-0.15, -0.1) is 0 Å². The van der Waals surface area contributed by atoms with Crippen molar-refractivity contribution >= 4 is 0 Å². The molecule has 0 aromatic carbocycles. The molecule has 0 aliphatic heterocycles. The Labute approximate surface area is 358 Å². The predicted octanol–water partition coefficient (Wildman–Crippen LogP) is 4.87. The average Bonchev–Trinajstić information content (AvgIpc) is 3.72. The van der Waals surface area contributed by atoms with Crippen LogP contribution in [0.2, 0.25) is 0 Å². The van der Waals surface area contributed by atoms with Crippen LogP contribution in [0.1, 0.15) is 176 Å². The molecule has 6 heteroatoms. The van der Waals surface area contributed by atoms with Crippen molar-refractivity contribution in [3.8, 4) is 0 Å². The van der Waals surface area contributed by atoms with Crippen LogP contribution < -0.4 is 37.2 Å². The first-order valence-electron chi connectivity index (χ1n) is 17.3. The summed E-state index contributed by atoms with van der Waals surface area (Å²) in [7, 11) is 0. The molecule has 258 valence electrons. The normalized spacial score (nSPS) is 13.7. The van der Waals surface area contributed by atoms with Crippen molar-refractivity contribution in [1.29, 1.82) is 0 Å². The molecule has 0 saturated carbocycles. The van der Waals surface area contributed by atoms with Gasteiger partial charge in [-0.1, -0.05) is 133 Å². The molecule has 3 rings (SSSR count). The van der Waals surface area contributed by atoms with E-state index in [-0.39, 0.29) is 116 Å². The van der Waals surface area contributed by atoms with E-state index in [1.165, 1.54) is 135 Å². The number of unbranched alkanes of at least 4 members (excludes halogenated alkanes) is 6. The number of hydrogen-bond donors (Lipinski definition) is 0. The van der Waals surface area contributed by atoms with Crippen molar-refractivity contribution in [2.75, 3.05) is 0 Å². The van der Waals surface area contributed by atoms with Gasteiger partial charge in [0.15, 0.2) is 0 Å². The minimum absolute atomic E-state index is 0. The van der Waals surface area contributed by atoms with Gasteiger partial charge in [0.25, 0.3) is 0 Å². The standard InChI is InChI=1S/3C13H22.3ClH.3Zr/c3*1-3-5-8-12-10-7-11-13(12)9-6-4-2;;;;;;/h3*7,10H,3-6,8-9,11H2,1-2H3;3*1H;;;/p-3. The van der Waals surface area contributed by atoms with Gasteiger partial charge in [-0.2, -0.15) is 0 Å². The zero-order chi connectivity index (χ0) is 28.6. The van der Waals surface area contributed by atoms with Gasteiger partial charge >= 0.3 is 0 Å². The average molecular weight is 915 g/mol. The van der Waals surface area contributed by atoms with Crippen LogP contribution in [0.4, 0.5) is 0 Å². The molecule has 0 fully saturated rings. The topological polar surface area (TPSA) is 0 Å². The minimum atomic E-state index is 0. The van der Waals surface area contributed by atoms with E-state index in [2.05, 4.69) is 78.0 Å². The third-order valence-corrected chi connectivity index (χ3v) is 8.31. The molecule has 0 amide bonds. The number of allylic oxidation sites excluding steroid dienone is 12. The third-order valence-electron chi connectivity index (χ3n) is 8.31. The van der Waals surface area contributed by atoms with Crippen LogP contribution in [-0.2, 0) is 78.6 Å². The monoisotopic (exact) mass is 909 g/mol. The molecule has 45 heavy (non-hydrogen) atoms. The van der Waals surface area contributed by atoms with Crippen molar-refractivity contribution in [3.05, 3.63) is 69.9 Å². The van der Waals surface area contributed by atoms with Crippen LogP contribution in [0.5, 0.6) is 0 Å². The molecule has 0 unspecified atom stereocenters. The van der Waals surface area contributed by atoms with E-state index in [1.807, 2.05) is 0 Å². The number of rotatable bonds is 18. The first kappa shape index (κ1) is 59.1. The van der Waals surface area contributed by atoms with Gasteiger partial charge in [0.05, 0.1) is 0 Å². The van der Waals surface area contributed by atoms with Crippen molar-refractivity contribution in [2.45, 2.75) is 176 Å². The zero-order valence-corrected chi connectivity index (χ0v) is 39.6. The van der Waals surface area contributed by atoms with Gasteiger partial charge in [-0.25, -0.2) is 0 Å². The first-order chi connectivity index (χ1) is 19.1. The fourth-order valence-electron chi connectivity index (χ4n) is 5.62. The maximum atomic E-state index is 2.35. The Kier molecular flexibility index (Phi) is 55.4. The molecule has 0 bridgehead atoms. The van der Waals surface area contributed by atoms with Gasteiger partial charge in [0.1, 0.15) is 0 Å². The van der Waals surface area contributed by atoms with Gasteiger partial charge in [0, 0.05) is 78.6 Å². The molecule has 0 N–H and O–H groups in total. The van der Waals surface area contributed by atoms with Gasteiger partial charge in [-0.05, 0) is 113 Å². The summed E-state index contributed by atoms with van der Waals surface area (Å²) in [4.78, 5) is 0. The Morgan fingerprint density at radius 2 is 0.556 bits per heavy atom. The largest absolute Gasteiger partial charge is 1.00 e. The zero-order valence-electron chi connectivity index (χ0n) is 29.9. The SMILES string of the molecule is CCCCC1=C(CCCC)CC=C1.CCCCC1=C(CCCC)CC=C1.CCCCC1=C(CCCC)CC=C1.[Cl-].[Cl-].[Cl-].[Zr].[Zr].[Zr]. The van der Waals surface area contributed by atoms with E-state index in [4.69, 9.17) is 0 Å². The van der Waals surface area contributed by atoms with E-state index >= 15 is 0 Å². The summed E-state index contributed by atoms with van der Waals surface area (Å²) in [5.41, 5.74) is 10.1. The predicted molar refractivity (Wildman–Crippen MR) is 179 cm³/mol. The second-order valence-electron chi connectivity index (χ2n) is 11.8. The molecule has 0 aromatic rings. The smallest absolute Gasteiger partial charge is 0 e. The molecule has 3 aliphatic carbocycles. The molecule has 0 spiro atoms. The fourth-order valence-corrected chi connectivity index (χ4v) is 5.62. The summed E-state index contributed by atoms with van der Waals surface area (Å²) in [6, 6.07) is 0. The molecule has 0 nitrogen and oxygen atoms in total. The van der Waals surface area contributed by atoms with Gasteiger partial charge in [0.2, 0.25) is 0 Å². The van der Waals surface area contributed by atoms with Crippen LogP contribution in [0.15, 0.2) is 69.9 Å². The van der Waals surface area contributed by atoms with E-state index in [1.54, 1.807) is 33.4 Å². The third kappa shape index (κ3) is 28.4. The molecular weight excluding hydrogens is 848 g/mol. The van der Waals surface area contributed by atoms with Crippen molar-refractivity contribution in [1.82, 2.24) is 0 Å². The Morgan fingerprint density at radius 1 is 0.356 bits per heavy atom. The summed E-state index contributed by atoms with van der Waals surface area (Å²) in [5.74, 6) is 0. The first-order valence-corrected chi connectivity index (χ1v) is 17.3. The molecule has 0 heterocycles. The summed E-state index contributed by atoms with van der Waals surface area (Å²) >= 11 is 0. The van der Waals surface area contributed by atoms with Crippen LogP contribution in [0.25, 0.3) is 0 Å². The summed E-state index contributed by atoms with van der Waals surface area (Å²) in [5, 5.41) is 0. The molecule has 0 radical (unpaired) electrons. The minimum Gasteiger partial charge on any atom is -1.00 e. The molecule has 0 atom stereocenters. The van der Waals surface area contributed by atoms with Crippen molar-refractivity contribution in [3.63, 3.8) is 0 Å². The second kappa shape index (κ2) is 42.1. The molecule has 0 saturated heterocycles. The van der Waals surface area contributed by atoms with Crippen molar-refractivity contribution < 1.29 is 116 Å². The molecular formula is C39H66Cl3Zr3-3. The second-order valence-corrected chi connectivity index (χ2v) is 11.8. The van der Waals surface area contributed by atoms with Gasteiger partial charge in [-0.3, -0.25) is 0 Å². The summed E-state index contributed by atoms with van der Waals surface area (Å²) < 4.78 is 0.